The summed E-state index contributed by atoms with van der Waals surface area (Å²) in [4.78, 5) is 35.4. The van der Waals surface area contributed by atoms with Crippen LogP contribution < -0.4 is 20.3 Å². The topological polar surface area (TPSA) is 115 Å². The number of hydrogen-bond acceptors (Lipinski definition) is 5. The Morgan fingerprint density at radius 2 is 1.81 bits per heavy atom. The third kappa shape index (κ3) is 5.69. The van der Waals surface area contributed by atoms with Gasteiger partial charge in [-0.25, -0.2) is 13.2 Å². The maximum atomic E-state index is 13.7. The smallest absolute Gasteiger partial charge is 0.282 e. The molecule has 0 saturated heterocycles. The molecule has 2 aromatic rings. The van der Waals surface area contributed by atoms with Crippen LogP contribution in [0.4, 0.5) is 30.2 Å². The van der Waals surface area contributed by atoms with E-state index in [4.69, 9.17) is 4.74 Å². The van der Waals surface area contributed by atoms with Gasteiger partial charge < -0.3 is 20.3 Å². The van der Waals surface area contributed by atoms with Gasteiger partial charge in [0, 0.05) is 12.1 Å². The maximum Gasteiger partial charge on any atom is 0.282 e. The number of hydrogen-bond donors (Lipinski definition) is 3. The summed E-state index contributed by atoms with van der Waals surface area (Å²) in [6.45, 7) is 1.19. The zero-order chi connectivity index (χ0) is 23.3. The van der Waals surface area contributed by atoms with Crippen molar-refractivity contribution in [1.82, 2.24) is 0 Å². The van der Waals surface area contributed by atoms with Crippen molar-refractivity contribution in [3.8, 4) is 5.75 Å². The van der Waals surface area contributed by atoms with Crippen LogP contribution >= 0.6 is 0 Å². The number of carbonyl (C=O) groups is 2. The summed E-state index contributed by atoms with van der Waals surface area (Å²) in [7, 11) is 2.84. The first kappa shape index (κ1) is 23.6. The zero-order valence-electron chi connectivity index (χ0n) is 16.8. The number of quaternary nitrogens is 1. The SMILES string of the molecule is COc1ccc([N+](=O)[O-])cc1NC(=O)[C@H](C)[NH+](C)CC(=O)Nc1ccc(F)c(F)c1F. The average Bonchev–Trinajstić information content (AvgIpc) is 2.73. The van der Waals surface area contributed by atoms with Gasteiger partial charge in [-0.3, -0.25) is 19.7 Å². The molecule has 2 atom stereocenters. The molecule has 0 aromatic heterocycles. The summed E-state index contributed by atoms with van der Waals surface area (Å²) in [5.41, 5.74) is -0.706. The van der Waals surface area contributed by atoms with E-state index in [0.29, 0.717) is 11.0 Å². The number of methoxy groups -OCH3 is 1. The molecule has 0 radical (unpaired) electrons. The van der Waals surface area contributed by atoms with Crippen LogP contribution in [0.1, 0.15) is 6.92 Å². The van der Waals surface area contributed by atoms with E-state index in [-0.39, 0.29) is 23.7 Å². The number of halogens is 3. The van der Waals surface area contributed by atoms with E-state index < -0.39 is 45.9 Å². The summed E-state index contributed by atoms with van der Waals surface area (Å²) < 4.78 is 45.0. The van der Waals surface area contributed by atoms with Crippen molar-refractivity contribution >= 4 is 28.9 Å². The Balaban J connectivity index is 2.04. The number of nitro groups is 1. The molecular formula is C19H20F3N4O5+. The number of amides is 2. The molecule has 2 rings (SSSR count). The number of nitrogens with zero attached hydrogens (tertiary/aromatic N) is 1. The van der Waals surface area contributed by atoms with Gasteiger partial charge in [0.15, 0.2) is 30.0 Å². The predicted molar refractivity (Wildman–Crippen MR) is 104 cm³/mol. The summed E-state index contributed by atoms with van der Waals surface area (Å²) in [6, 6.07) is 4.43. The molecule has 2 aromatic carbocycles. The molecule has 166 valence electrons. The fourth-order valence-electron chi connectivity index (χ4n) is 2.60. The maximum absolute atomic E-state index is 13.7. The molecule has 2 amide bonds. The van der Waals surface area contributed by atoms with E-state index in [9.17, 15) is 32.9 Å². The number of benzene rings is 2. The molecule has 3 N–H and O–H groups in total. The lowest BCUT2D eigenvalue weighted by atomic mass is 10.2. The molecule has 0 aliphatic carbocycles. The van der Waals surface area contributed by atoms with Crippen molar-refractivity contribution < 1.29 is 37.3 Å². The Kier molecular flexibility index (Phi) is 7.53. The molecule has 12 heteroatoms. The number of carbonyl (C=O) groups excluding carboxylic acids is 2. The first-order valence-electron chi connectivity index (χ1n) is 8.94. The fourth-order valence-corrected chi connectivity index (χ4v) is 2.60. The Morgan fingerprint density at radius 3 is 2.42 bits per heavy atom. The van der Waals surface area contributed by atoms with E-state index in [1.54, 1.807) is 0 Å². The number of likely N-dealkylation sites (N-methyl/N-ethyl adjacent to an activating group) is 1. The van der Waals surface area contributed by atoms with E-state index in [0.717, 1.165) is 12.1 Å². The second-order valence-corrected chi connectivity index (χ2v) is 6.65. The van der Waals surface area contributed by atoms with Gasteiger partial charge in [0.25, 0.3) is 17.5 Å². The number of ether oxygens (including phenoxy) is 1. The Bertz CT molecular complexity index is 1020. The number of anilines is 2. The number of nitrogens with one attached hydrogen (secondary N) is 3. The van der Waals surface area contributed by atoms with Gasteiger partial charge in [-0.1, -0.05) is 0 Å². The van der Waals surface area contributed by atoms with Gasteiger partial charge in [-0.2, -0.15) is 0 Å². The molecule has 0 bridgehead atoms. The van der Waals surface area contributed by atoms with Gasteiger partial charge >= 0.3 is 0 Å². The van der Waals surface area contributed by atoms with Gasteiger partial charge in [0.05, 0.1) is 30.5 Å². The zero-order valence-corrected chi connectivity index (χ0v) is 16.8. The highest BCUT2D eigenvalue weighted by atomic mass is 19.2. The van der Waals surface area contributed by atoms with Gasteiger partial charge in [0.2, 0.25) is 0 Å². The fraction of sp³-hybridized carbons (Fsp3) is 0.263. The number of rotatable bonds is 8. The highest BCUT2D eigenvalue weighted by molar-refractivity contribution is 5.96. The van der Waals surface area contributed by atoms with Crippen molar-refractivity contribution in [2.24, 2.45) is 0 Å². The van der Waals surface area contributed by atoms with Crippen LogP contribution in [0.25, 0.3) is 0 Å². The highest BCUT2D eigenvalue weighted by Crippen LogP contribution is 2.28. The van der Waals surface area contributed by atoms with Crippen LogP contribution in [0.3, 0.4) is 0 Å². The van der Waals surface area contributed by atoms with Crippen LogP contribution in [0, 0.1) is 27.6 Å². The average molecular weight is 441 g/mol. The van der Waals surface area contributed by atoms with Crippen molar-refractivity contribution in [3.05, 3.63) is 57.9 Å². The van der Waals surface area contributed by atoms with Gasteiger partial charge in [-0.15, -0.1) is 0 Å². The molecule has 0 spiro atoms. The molecule has 1 unspecified atom stereocenters. The molecular weight excluding hydrogens is 421 g/mol. The monoisotopic (exact) mass is 441 g/mol. The van der Waals surface area contributed by atoms with Crippen LogP contribution in [-0.2, 0) is 9.59 Å². The van der Waals surface area contributed by atoms with Crippen molar-refractivity contribution in [3.63, 3.8) is 0 Å². The number of nitro benzene ring substituents is 1. The summed E-state index contributed by atoms with van der Waals surface area (Å²) in [6.07, 6.45) is 0. The van der Waals surface area contributed by atoms with Gasteiger partial charge in [0.1, 0.15) is 5.75 Å². The second-order valence-electron chi connectivity index (χ2n) is 6.65. The largest absolute Gasteiger partial charge is 0.495 e. The minimum Gasteiger partial charge on any atom is -0.495 e. The van der Waals surface area contributed by atoms with E-state index in [1.165, 1.54) is 33.2 Å². The lowest BCUT2D eigenvalue weighted by Gasteiger charge is -2.21. The molecule has 31 heavy (non-hydrogen) atoms. The Labute approximate surface area is 174 Å². The normalized spacial score (nSPS) is 12.6. The Morgan fingerprint density at radius 1 is 1.13 bits per heavy atom. The molecule has 0 saturated carbocycles. The molecule has 0 fully saturated rings. The van der Waals surface area contributed by atoms with E-state index >= 15 is 0 Å². The van der Waals surface area contributed by atoms with Crippen LogP contribution in [0.2, 0.25) is 0 Å². The van der Waals surface area contributed by atoms with E-state index in [1.807, 2.05) is 0 Å². The first-order valence-corrected chi connectivity index (χ1v) is 8.94. The third-order valence-electron chi connectivity index (χ3n) is 4.53. The highest BCUT2D eigenvalue weighted by Gasteiger charge is 2.26. The quantitative estimate of drug-likeness (QED) is 0.326. The Hall–Kier alpha value is -3.67. The van der Waals surface area contributed by atoms with Crippen molar-refractivity contribution in [1.29, 1.82) is 0 Å². The molecule has 0 aliphatic rings. The van der Waals surface area contributed by atoms with Gasteiger partial charge in [-0.05, 0) is 25.1 Å². The predicted octanol–water partition coefficient (Wildman–Crippen LogP) is 1.50. The lowest BCUT2D eigenvalue weighted by Crippen LogP contribution is -3.14. The van der Waals surface area contributed by atoms with Crippen LogP contribution in [-0.4, -0.2) is 43.5 Å². The summed E-state index contributed by atoms with van der Waals surface area (Å²) >= 11 is 0. The minimum atomic E-state index is -1.71. The summed E-state index contributed by atoms with van der Waals surface area (Å²) in [5.74, 6) is -5.74. The molecule has 0 heterocycles. The minimum absolute atomic E-state index is 0.0784. The third-order valence-corrected chi connectivity index (χ3v) is 4.53. The second kappa shape index (κ2) is 9.89. The van der Waals surface area contributed by atoms with E-state index in [2.05, 4.69) is 10.6 Å². The molecule has 0 aliphatic heterocycles. The van der Waals surface area contributed by atoms with Crippen molar-refractivity contribution in [2.75, 3.05) is 31.3 Å². The van der Waals surface area contributed by atoms with Crippen LogP contribution in [0.15, 0.2) is 30.3 Å². The number of non-ortho nitro benzene ring substituents is 1. The van der Waals surface area contributed by atoms with Crippen LogP contribution in [0.5, 0.6) is 5.75 Å². The molecule has 9 nitrogen and oxygen atoms in total. The summed E-state index contributed by atoms with van der Waals surface area (Å²) in [5, 5.41) is 15.6. The lowest BCUT2D eigenvalue weighted by molar-refractivity contribution is -0.885. The standard InChI is InChI=1S/C19H19F3N4O5/c1-10(19(28)24-14-8-11(26(29)30)4-7-15(14)31-3)25(2)9-16(27)23-13-6-5-12(20)17(21)18(13)22/h4-8,10H,9H2,1-3H3,(H,23,27)(H,24,28)/p+1/t10-/m0/s1. The van der Waals surface area contributed by atoms with Crippen molar-refractivity contribution in [2.45, 2.75) is 13.0 Å². The first-order chi connectivity index (χ1) is 14.5.